The van der Waals surface area contributed by atoms with Crippen LogP contribution in [0.3, 0.4) is 0 Å². The van der Waals surface area contributed by atoms with Crippen molar-refractivity contribution in [1.29, 1.82) is 0 Å². The monoisotopic (exact) mass is 613 g/mol. The lowest BCUT2D eigenvalue weighted by molar-refractivity contribution is -0.140. The molecule has 1 N–H and O–H groups in total. The van der Waals surface area contributed by atoms with Crippen molar-refractivity contribution >= 4 is 39.1 Å². The Bertz CT molecular complexity index is 1450. The summed E-state index contributed by atoms with van der Waals surface area (Å²) in [6.07, 6.45) is 1.09. The summed E-state index contributed by atoms with van der Waals surface area (Å²) in [5.74, 6) is -0.208. The first-order valence-electron chi connectivity index (χ1n) is 14.2. The van der Waals surface area contributed by atoms with Crippen LogP contribution in [0.1, 0.15) is 51.7 Å². The molecule has 0 heterocycles. The summed E-state index contributed by atoms with van der Waals surface area (Å²) in [4.78, 5) is 29.0. The van der Waals surface area contributed by atoms with Crippen LogP contribution in [0.2, 0.25) is 5.02 Å². The average molecular weight is 614 g/mol. The maximum atomic E-state index is 14.2. The van der Waals surface area contributed by atoms with Crippen LogP contribution in [-0.2, 0) is 26.2 Å². The van der Waals surface area contributed by atoms with E-state index in [2.05, 4.69) is 5.32 Å². The zero-order valence-electron chi connectivity index (χ0n) is 24.8. The molecule has 0 radical (unpaired) electrons. The zero-order chi connectivity index (χ0) is 30.9. The van der Waals surface area contributed by atoms with Gasteiger partial charge in [-0.25, -0.2) is 8.42 Å². The first-order valence-corrected chi connectivity index (χ1v) is 16.0. The van der Waals surface area contributed by atoms with Gasteiger partial charge in [-0.15, -0.1) is 0 Å². The number of carbonyl (C=O) groups excluding carboxylic acids is 2. The molecule has 0 fully saturated rings. The van der Waals surface area contributed by atoms with E-state index in [0.717, 1.165) is 21.9 Å². The Labute approximate surface area is 254 Å². The molecule has 2 atom stereocenters. The molecule has 0 aliphatic rings. The van der Waals surface area contributed by atoms with Gasteiger partial charge in [-0.2, -0.15) is 0 Å². The minimum Gasteiger partial charge on any atom is -0.494 e. The smallest absolute Gasteiger partial charge is 0.264 e. The quantitative estimate of drug-likeness (QED) is 0.242. The molecule has 8 nitrogen and oxygen atoms in total. The fourth-order valence-corrected chi connectivity index (χ4v) is 6.05. The highest BCUT2D eigenvalue weighted by Gasteiger charge is 2.34. The highest BCUT2D eigenvalue weighted by molar-refractivity contribution is 7.92. The summed E-state index contributed by atoms with van der Waals surface area (Å²) >= 11 is 6.03. The van der Waals surface area contributed by atoms with E-state index >= 15 is 0 Å². The Morgan fingerprint density at radius 1 is 0.952 bits per heavy atom. The molecule has 0 aliphatic carbocycles. The van der Waals surface area contributed by atoms with Crippen LogP contribution in [-0.4, -0.2) is 50.4 Å². The summed E-state index contributed by atoms with van der Waals surface area (Å²) in [6.45, 7) is 9.61. The second-order valence-corrected chi connectivity index (χ2v) is 12.4. The number of sulfonamides is 1. The van der Waals surface area contributed by atoms with Crippen molar-refractivity contribution in [2.75, 3.05) is 17.5 Å². The van der Waals surface area contributed by atoms with E-state index in [1.165, 1.54) is 29.2 Å². The number of benzene rings is 3. The molecule has 0 aromatic heterocycles. The summed E-state index contributed by atoms with van der Waals surface area (Å²) in [5.41, 5.74) is 2.14. The highest BCUT2D eigenvalue weighted by Crippen LogP contribution is 2.27. The Hall–Kier alpha value is -3.56. The fourth-order valence-electron chi connectivity index (χ4n) is 4.51. The SMILES string of the molecule is CCOc1ccc(N(CC(=O)N(Cc2cccc(C)c2)[C@@H](CC)C(=O)N[C@@H](C)CC)S(=O)(=O)c2ccc(Cl)cc2)cc1. The molecule has 42 heavy (non-hydrogen) atoms. The number of aryl methyl sites for hydroxylation is 1. The van der Waals surface area contributed by atoms with E-state index in [1.54, 1.807) is 24.3 Å². The minimum atomic E-state index is -4.19. The molecule has 0 saturated carbocycles. The summed E-state index contributed by atoms with van der Waals surface area (Å²) < 4.78 is 34.5. The van der Waals surface area contributed by atoms with Gasteiger partial charge in [-0.05, 0) is 87.7 Å². The number of anilines is 1. The van der Waals surface area contributed by atoms with E-state index < -0.39 is 28.5 Å². The molecule has 3 rings (SSSR count). The third kappa shape index (κ3) is 8.49. The maximum Gasteiger partial charge on any atom is 0.264 e. The van der Waals surface area contributed by atoms with Crippen LogP contribution in [0.25, 0.3) is 0 Å². The number of carbonyl (C=O) groups is 2. The van der Waals surface area contributed by atoms with Crippen LogP contribution < -0.4 is 14.4 Å². The number of nitrogens with one attached hydrogen (secondary N) is 1. The Balaban J connectivity index is 2.06. The number of hydrogen-bond acceptors (Lipinski definition) is 5. The second kappa shape index (κ2) is 15.1. The second-order valence-electron chi connectivity index (χ2n) is 10.1. The van der Waals surface area contributed by atoms with Crippen molar-refractivity contribution in [2.24, 2.45) is 0 Å². The van der Waals surface area contributed by atoms with Gasteiger partial charge < -0.3 is 15.0 Å². The van der Waals surface area contributed by atoms with Gasteiger partial charge in [-0.1, -0.05) is 55.3 Å². The van der Waals surface area contributed by atoms with Gasteiger partial charge in [0.25, 0.3) is 10.0 Å². The average Bonchev–Trinajstić information content (AvgIpc) is 2.96. The molecular formula is C32H40ClN3O5S. The van der Waals surface area contributed by atoms with Crippen molar-refractivity contribution in [3.63, 3.8) is 0 Å². The largest absolute Gasteiger partial charge is 0.494 e. The normalized spacial score (nSPS) is 12.7. The molecule has 0 spiro atoms. The van der Waals surface area contributed by atoms with E-state index in [-0.39, 0.29) is 29.1 Å². The Morgan fingerprint density at radius 3 is 2.19 bits per heavy atom. The topological polar surface area (TPSA) is 96.0 Å². The third-order valence-corrected chi connectivity index (χ3v) is 8.98. The van der Waals surface area contributed by atoms with E-state index in [9.17, 15) is 18.0 Å². The Kier molecular flexibility index (Phi) is 11.8. The van der Waals surface area contributed by atoms with Gasteiger partial charge in [0.05, 0.1) is 17.2 Å². The lowest BCUT2D eigenvalue weighted by Crippen LogP contribution is -2.53. The standard InChI is InChI=1S/C32H40ClN3O5S/c1-6-24(5)34-32(38)30(7-2)35(21-25-11-9-10-23(4)20-25)31(37)22-36(27-14-16-28(17-15-27)41-8-3)42(39,40)29-18-12-26(33)13-19-29/h9-20,24,30H,6-8,21-22H2,1-5H3,(H,34,38)/t24-,30-/m0/s1. The predicted molar refractivity (Wildman–Crippen MR) is 167 cm³/mol. The molecule has 10 heteroatoms. The predicted octanol–water partition coefficient (Wildman–Crippen LogP) is 5.96. The van der Waals surface area contributed by atoms with Crippen LogP contribution >= 0.6 is 11.6 Å². The number of nitrogens with zero attached hydrogens (tertiary/aromatic N) is 2. The van der Waals surface area contributed by atoms with E-state index in [4.69, 9.17) is 16.3 Å². The lowest BCUT2D eigenvalue weighted by atomic mass is 10.1. The van der Waals surface area contributed by atoms with Gasteiger partial charge in [0.1, 0.15) is 18.3 Å². The molecular weight excluding hydrogens is 574 g/mol. The zero-order valence-corrected chi connectivity index (χ0v) is 26.4. The molecule has 0 bridgehead atoms. The molecule has 0 saturated heterocycles. The lowest BCUT2D eigenvalue weighted by Gasteiger charge is -2.33. The molecule has 3 aromatic carbocycles. The number of rotatable bonds is 14. The Morgan fingerprint density at radius 2 is 1.62 bits per heavy atom. The van der Waals surface area contributed by atoms with Crippen molar-refractivity contribution in [2.45, 2.75) is 71.0 Å². The molecule has 2 amide bonds. The van der Waals surface area contributed by atoms with Crippen LogP contribution in [0.4, 0.5) is 5.69 Å². The minimum absolute atomic E-state index is 0.0135. The maximum absolute atomic E-state index is 14.2. The van der Waals surface area contributed by atoms with Crippen LogP contribution in [0.15, 0.2) is 77.7 Å². The van der Waals surface area contributed by atoms with Gasteiger partial charge in [0.15, 0.2) is 0 Å². The number of halogens is 1. The number of amides is 2. The molecule has 0 unspecified atom stereocenters. The summed E-state index contributed by atoms with van der Waals surface area (Å²) in [6, 6.07) is 19.1. The van der Waals surface area contributed by atoms with Gasteiger partial charge in [0.2, 0.25) is 11.8 Å². The first kappa shape index (κ1) is 32.9. The van der Waals surface area contributed by atoms with Gasteiger partial charge in [-0.3, -0.25) is 13.9 Å². The van der Waals surface area contributed by atoms with E-state index in [1.807, 2.05) is 58.9 Å². The highest BCUT2D eigenvalue weighted by atomic mass is 35.5. The van der Waals surface area contributed by atoms with Gasteiger partial charge >= 0.3 is 0 Å². The van der Waals surface area contributed by atoms with Crippen LogP contribution in [0.5, 0.6) is 5.75 Å². The van der Waals surface area contributed by atoms with Crippen molar-refractivity contribution in [3.8, 4) is 5.75 Å². The van der Waals surface area contributed by atoms with Gasteiger partial charge in [0, 0.05) is 17.6 Å². The molecule has 226 valence electrons. The van der Waals surface area contributed by atoms with Crippen molar-refractivity contribution in [3.05, 3.63) is 88.9 Å². The number of ether oxygens (including phenoxy) is 1. The number of hydrogen-bond donors (Lipinski definition) is 1. The third-order valence-electron chi connectivity index (χ3n) is 6.94. The molecule has 3 aromatic rings. The molecule has 0 aliphatic heterocycles. The first-order chi connectivity index (χ1) is 20.0. The van der Waals surface area contributed by atoms with Crippen molar-refractivity contribution in [1.82, 2.24) is 10.2 Å². The fraction of sp³-hybridized carbons (Fsp3) is 0.375. The summed E-state index contributed by atoms with van der Waals surface area (Å²) in [5, 5.41) is 3.38. The van der Waals surface area contributed by atoms with E-state index in [0.29, 0.717) is 23.8 Å². The summed E-state index contributed by atoms with van der Waals surface area (Å²) in [7, 11) is -4.19. The van der Waals surface area contributed by atoms with Crippen molar-refractivity contribution < 1.29 is 22.7 Å². The van der Waals surface area contributed by atoms with Crippen LogP contribution in [0, 0.1) is 6.92 Å².